The highest BCUT2D eigenvalue weighted by molar-refractivity contribution is 8.03. The summed E-state index contributed by atoms with van der Waals surface area (Å²) in [5.41, 5.74) is 3.68. The van der Waals surface area contributed by atoms with Crippen LogP contribution in [0.15, 0.2) is 44.9 Å². The molecule has 0 saturated heterocycles. The Morgan fingerprint density at radius 2 is 2.00 bits per heavy atom. The highest BCUT2D eigenvalue weighted by atomic mass is 35.5. The zero-order valence-electron chi connectivity index (χ0n) is 15.1. The van der Waals surface area contributed by atoms with E-state index >= 15 is 0 Å². The first-order valence-electron chi connectivity index (χ1n) is 8.29. The third-order valence-corrected chi connectivity index (χ3v) is 5.10. The van der Waals surface area contributed by atoms with Crippen molar-refractivity contribution in [2.45, 2.75) is 32.4 Å². The number of rotatable bonds is 6. The van der Waals surface area contributed by atoms with E-state index in [1.807, 2.05) is 55.7 Å². The van der Waals surface area contributed by atoms with E-state index in [0.29, 0.717) is 17.3 Å². The first-order valence-corrected chi connectivity index (χ1v) is 9.48. The molecule has 27 heavy (non-hydrogen) atoms. The standard InChI is InChI=1S/C19H18ClN3O3S/c1-4-17-21-22-19(26-17)27-16(18(24)25)10-13-9-11(2)23(12(13)3)15-7-5-14(20)6-8-15/h5-10H,4H2,1-3H3,(H,24,25)/b16-10-. The van der Waals surface area contributed by atoms with Crippen molar-refractivity contribution in [1.82, 2.24) is 14.8 Å². The number of carboxylic acids is 1. The average molecular weight is 404 g/mol. The van der Waals surface area contributed by atoms with Gasteiger partial charge < -0.3 is 14.1 Å². The summed E-state index contributed by atoms with van der Waals surface area (Å²) in [5.74, 6) is -0.573. The fraction of sp³-hybridized carbons (Fsp3) is 0.211. The van der Waals surface area contributed by atoms with E-state index in [0.717, 1.165) is 34.4 Å². The number of aliphatic carboxylic acids is 1. The number of carboxylic acid groups (broad SMARTS) is 1. The SMILES string of the molecule is CCc1nnc(S/C(=C\c2cc(C)n(-c3ccc(Cl)cc3)c2C)C(=O)O)o1. The normalized spacial score (nSPS) is 11.8. The third-order valence-electron chi connectivity index (χ3n) is 4.00. The predicted molar refractivity (Wildman–Crippen MR) is 105 cm³/mol. The lowest BCUT2D eigenvalue weighted by atomic mass is 10.2. The van der Waals surface area contributed by atoms with Crippen molar-refractivity contribution in [3.63, 3.8) is 0 Å². The fourth-order valence-electron chi connectivity index (χ4n) is 2.71. The minimum Gasteiger partial charge on any atom is -0.477 e. The third kappa shape index (κ3) is 4.26. The Hall–Kier alpha value is -2.51. The van der Waals surface area contributed by atoms with Crippen LogP contribution in [0.1, 0.15) is 29.8 Å². The fourth-order valence-corrected chi connectivity index (χ4v) is 3.52. The Morgan fingerprint density at radius 3 is 2.59 bits per heavy atom. The lowest BCUT2D eigenvalue weighted by Gasteiger charge is -2.09. The van der Waals surface area contributed by atoms with Crippen LogP contribution in [-0.2, 0) is 11.2 Å². The van der Waals surface area contributed by atoms with E-state index < -0.39 is 5.97 Å². The maximum absolute atomic E-state index is 11.7. The molecule has 1 aromatic carbocycles. The van der Waals surface area contributed by atoms with Gasteiger partial charge in [-0.3, -0.25) is 0 Å². The van der Waals surface area contributed by atoms with Gasteiger partial charge in [0.1, 0.15) is 4.91 Å². The molecule has 2 heterocycles. The van der Waals surface area contributed by atoms with Crippen molar-refractivity contribution in [2.75, 3.05) is 0 Å². The van der Waals surface area contributed by atoms with Gasteiger partial charge in [0.15, 0.2) is 0 Å². The van der Waals surface area contributed by atoms with Gasteiger partial charge in [0.05, 0.1) is 0 Å². The van der Waals surface area contributed by atoms with Crippen molar-refractivity contribution in [2.24, 2.45) is 0 Å². The van der Waals surface area contributed by atoms with E-state index in [-0.39, 0.29) is 10.1 Å². The van der Waals surface area contributed by atoms with Crippen LogP contribution in [0, 0.1) is 13.8 Å². The minimum atomic E-state index is -1.05. The Morgan fingerprint density at radius 1 is 1.30 bits per heavy atom. The predicted octanol–water partition coefficient (Wildman–Crippen LogP) is 4.91. The molecule has 0 unspecified atom stereocenters. The molecule has 2 aromatic heterocycles. The molecule has 0 radical (unpaired) electrons. The van der Waals surface area contributed by atoms with Crippen molar-refractivity contribution in [3.8, 4) is 5.69 Å². The second-order valence-electron chi connectivity index (χ2n) is 5.87. The maximum atomic E-state index is 11.7. The number of aryl methyl sites for hydroxylation is 2. The molecule has 8 heteroatoms. The highest BCUT2D eigenvalue weighted by Crippen LogP contribution is 2.30. The monoisotopic (exact) mass is 403 g/mol. The van der Waals surface area contributed by atoms with Gasteiger partial charge in [-0.1, -0.05) is 18.5 Å². The van der Waals surface area contributed by atoms with Gasteiger partial charge in [0.2, 0.25) is 5.89 Å². The van der Waals surface area contributed by atoms with Crippen LogP contribution in [0.4, 0.5) is 0 Å². The summed E-state index contributed by atoms with van der Waals surface area (Å²) >= 11 is 6.91. The quantitative estimate of drug-likeness (QED) is 0.465. The summed E-state index contributed by atoms with van der Waals surface area (Å²) in [7, 11) is 0. The molecular formula is C19H18ClN3O3S. The van der Waals surface area contributed by atoms with Crippen molar-refractivity contribution < 1.29 is 14.3 Å². The highest BCUT2D eigenvalue weighted by Gasteiger charge is 2.17. The molecule has 0 aliphatic carbocycles. The molecule has 0 aliphatic rings. The van der Waals surface area contributed by atoms with Crippen LogP contribution < -0.4 is 0 Å². The number of benzene rings is 1. The molecule has 1 N–H and O–H groups in total. The summed E-state index contributed by atoms with van der Waals surface area (Å²) in [6, 6.07) is 9.44. The average Bonchev–Trinajstić information content (AvgIpc) is 3.20. The first-order chi connectivity index (χ1) is 12.9. The summed E-state index contributed by atoms with van der Waals surface area (Å²) in [6.45, 7) is 5.80. The molecule has 0 spiro atoms. The number of carbonyl (C=O) groups is 1. The van der Waals surface area contributed by atoms with Crippen LogP contribution in [0.3, 0.4) is 0 Å². The molecule has 0 atom stereocenters. The van der Waals surface area contributed by atoms with Crippen molar-refractivity contribution >= 4 is 35.4 Å². The van der Waals surface area contributed by atoms with Crippen molar-refractivity contribution in [1.29, 1.82) is 0 Å². The molecular weight excluding hydrogens is 386 g/mol. The number of aromatic nitrogens is 3. The van der Waals surface area contributed by atoms with Crippen LogP contribution in [0.2, 0.25) is 5.02 Å². The molecule has 0 saturated carbocycles. The number of hydrogen-bond donors (Lipinski definition) is 1. The smallest absolute Gasteiger partial charge is 0.342 e. The van der Waals surface area contributed by atoms with E-state index in [1.165, 1.54) is 0 Å². The van der Waals surface area contributed by atoms with E-state index in [2.05, 4.69) is 10.2 Å². The van der Waals surface area contributed by atoms with Gasteiger partial charge in [0, 0.05) is 28.5 Å². The van der Waals surface area contributed by atoms with Gasteiger partial charge in [-0.25, -0.2) is 4.79 Å². The van der Waals surface area contributed by atoms with Gasteiger partial charge in [-0.15, -0.1) is 10.2 Å². The topological polar surface area (TPSA) is 81.2 Å². The lowest BCUT2D eigenvalue weighted by molar-refractivity contribution is -0.131. The molecule has 0 fully saturated rings. The van der Waals surface area contributed by atoms with E-state index in [4.69, 9.17) is 16.0 Å². The molecule has 6 nitrogen and oxygen atoms in total. The minimum absolute atomic E-state index is 0.109. The molecule has 0 bridgehead atoms. The summed E-state index contributed by atoms with van der Waals surface area (Å²) < 4.78 is 7.46. The van der Waals surface area contributed by atoms with E-state index in [1.54, 1.807) is 6.08 Å². The lowest BCUT2D eigenvalue weighted by Crippen LogP contribution is -1.99. The first kappa shape index (κ1) is 19.3. The summed E-state index contributed by atoms with van der Waals surface area (Å²) in [5, 5.41) is 18.2. The second-order valence-corrected chi connectivity index (χ2v) is 7.30. The molecule has 0 aliphatic heterocycles. The van der Waals surface area contributed by atoms with Crippen molar-refractivity contribution in [3.05, 3.63) is 63.1 Å². The van der Waals surface area contributed by atoms with E-state index in [9.17, 15) is 9.90 Å². The summed E-state index contributed by atoms with van der Waals surface area (Å²) in [4.78, 5) is 11.8. The van der Waals surface area contributed by atoms with Crippen LogP contribution in [-0.4, -0.2) is 25.8 Å². The Kier molecular flexibility index (Phi) is 5.72. The van der Waals surface area contributed by atoms with Crippen LogP contribution >= 0.6 is 23.4 Å². The zero-order chi connectivity index (χ0) is 19.6. The molecule has 140 valence electrons. The molecule has 3 aromatic rings. The molecule has 3 rings (SSSR count). The van der Waals surface area contributed by atoms with Crippen LogP contribution in [0.25, 0.3) is 11.8 Å². The maximum Gasteiger partial charge on any atom is 0.342 e. The Bertz CT molecular complexity index is 1010. The van der Waals surface area contributed by atoms with Gasteiger partial charge in [-0.05, 0) is 67.6 Å². The number of nitrogens with zero attached hydrogens (tertiary/aromatic N) is 3. The Balaban J connectivity index is 1.97. The second kappa shape index (κ2) is 8.02. The Labute approximate surface area is 165 Å². The van der Waals surface area contributed by atoms with Crippen LogP contribution in [0.5, 0.6) is 0 Å². The van der Waals surface area contributed by atoms with Gasteiger partial charge in [-0.2, -0.15) is 0 Å². The molecule has 0 amide bonds. The number of hydrogen-bond acceptors (Lipinski definition) is 5. The number of halogens is 1. The van der Waals surface area contributed by atoms with Gasteiger partial charge >= 0.3 is 5.97 Å². The van der Waals surface area contributed by atoms with Gasteiger partial charge in [0.25, 0.3) is 5.22 Å². The summed E-state index contributed by atoms with van der Waals surface area (Å²) in [6.07, 6.45) is 2.22. The number of thioether (sulfide) groups is 1. The largest absolute Gasteiger partial charge is 0.477 e. The zero-order valence-corrected chi connectivity index (χ0v) is 16.6.